The third-order valence-corrected chi connectivity index (χ3v) is 6.94. The Hall–Kier alpha value is -3.59. The van der Waals surface area contributed by atoms with E-state index in [4.69, 9.17) is 5.73 Å². The average molecular weight is 450 g/mol. The van der Waals surface area contributed by atoms with E-state index in [1.54, 1.807) is 0 Å². The number of halogens is 1. The zero-order valence-electron chi connectivity index (χ0n) is 17.7. The number of hydrogen-bond acceptors (Lipinski definition) is 5. The van der Waals surface area contributed by atoms with Crippen LogP contribution < -0.4 is 16.4 Å². The van der Waals surface area contributed by atoms with Gasteiger partial charge in [-0.3, -0.25) is 29.4 Å². The number of anilines is 1. The summed E-state index contributed by atoms with van der Waals surface area (Å²) in [5.41, 5.74) is 5.40. The van der Waals surface area contributed by atoms with E-state index < -0.39 is 52.9 Å². The molecule has 0 unspecified atom stereocenters. The highest BCUT2D eigenvalue weighted by molar-refractivity contribution is 6.15. The fourth-order valence-corrected chi connectivity index (χ4v) is 5.49. The molecule has 9 heteroatoms. The number of benzene rings is 2. The molecule has 33 heavy (non-hydrogen) atoms. The molecule has 1 spiro atoms. The summed E-state index contributed by atoms with van der Waals surface area (Å²) in [5, 5.41) is 5.88. The quantitative estimate of drug-likeness (QED) is 0.568. The topological polar surface area (TPSA) is 122 Å². The van der Waals surface area contributed by atoms with Crippen molar-refractivity contribution in [3.63, 3.8) is 0 Å². The molecule has 0 aromatic heterocycles. The predicted octanol–water partition coefficient (Wildman–Crippen LogP) is 1.05. The molecule has 4 N–H and O–H groups in total. The second-order valence-electron chi connectivity index (χ2n) is 8.78. The van der Waals surface area contributed by atoms with Crippen LogP contribution >= 0.6 is 0 Å². The van der Waals surface area contributed by atoms with E-state index in [-0.39, 0.29) is 19.4 Å². The van der Waals surface area contributed by atoms with Crippen molar-refractivity contribution in [2.24, 2.45) is 17.6 Å². The third kappa shape index (κ3) is 3.22. The van der Waals surface area contributed by atoms with Gasteiger partial charge in [0.25, 0.3) is 0 Å². The molecule has 2 aromatic carbocycles. The Morgan fingerprint density at radius 1 is 1.09 bits per heavy atom. The number of amides is 4. The largest absolute Gasteiger partial charge is 0.370 e. The van der Waals surface area contributed by atoms with Gasteiger partial charge in [0, 0.05) is 30.3 Å². The Labute approximate surface area is 189 Å². The van der Waals surface area contributed by atoms with Gasteiger partial charge in [0.2, 0.25) is 23.6 Å². The SMILES string of the molecule is NC(=O)CC[C@H]1N[C@]2(C(=O)Nc3ccc(F)cc32)[C@@H]2C(=O)N(CCc3ccccc3)C(=O)[C@@H]21. The smallest absolute Gasteiger partial charge is 0.250 e. The highest BCUT2D eigenvalue weighted by atomic mass is 19.1. The van der Waals surface area contributed by atoms with E-state index in [9.17, 15) is 23.6 Å². The van der Waals surface area contributed by atoms with E-state index >= 15 is 0 Å². The zero-order chi connectivity index (χ0) is 23.3. The molecule has 3 aliphatic heterocycles. The molecule has 170 valence electrons. The number of fused-ring (bicyclic) bond motifs is 4. The third-order valence-electron chi connectivity index (χ3n) is 6.94. The Balaban J connectivity index is 1.53. The zero-order valence-corrected chi connectivity index (χ0v) is 17.7. The lowest BCUT2D eigenvalue weighted by atomic mass is 9.76. The maximum absolute atomic E-state index is 14.2. The van der Waals surface area contributed by atoms with Crippen LogP contribution in [0.4, 0.5) is 10.1 Å². The van der Waals surface area contributed by atoms with E-state index in [1.807, 2.05) is 30.3 Å². The number of imide groups is 1. The van der Waals surface area contributed by atoms with Crippen molar-refractivity contribution >= 4 is 29.3 Å². The van der Waals surface area contributed by atoms with Crippen molar-refractivity contribution in [2.75, 3.05) is 11.9 Å². The van der Waals surface area contributed by atoms with Gasteiger partial charge in [0.05, 0.1) is 11.8 Å². The molecule has 8 nitrogen and oxygen atoms in total. The molecular weight excluding hydrogens is 427 g/mol. The van der Waals surface area contributed by atoms with Crippen LogP contribution in [0.5, 0.6) is 0 Å². The number of nitrogens with two attached hydrogens (primary N) is 1. The fourth-order valence-electron chi connectivity index (χ4n) is 5.49. The molecule has 0 bridgehead atoms. The molecule has 2 saturated heterocycles. The Morgan fingerprint density at radius 3 is 2.58 bits per heavy atom. The Morgan fingerprint density at radius 2 is 1.85 bits per heavy atom. The predicted molar refractivity (Wildman–Crippen MR) is 116 cm³/mol. The monoisotopic (exact) mass is 450 g/mol. The van der Waals surface area contributed by atoms with Crippen LogP contribution in [0.2, 0.25) is 0 Å². The average Bonchev–Trinajstić information content (AvgIpc) is 3.37. The van der Waals surface area contributed by atoms with Gasteiger partial charge in [-0.15, -0.1) is 0 Å². The molecule has 0 aliphatic carbocycles. The molecule has 4 atom stereocenters. The number of hydrogen-bond donors (Lipinski definition) is 3. The van der Waals surface area contributed by atoms with Crippen LogP contribution in [0.15, 0.2) is 48.5 Å². The van der Waals surface area contributed by atoms with Crippen molar-refractivity contribution < 1.29 is 23.6 Å². The number of nitrogens with one attached hydrogen (secondary N) is 2. The maximum atomic E-state index is 14.2. The van der Waals surface area contributed by atoms with Crippen molar-refractivity contribution in [1.29, 1.82) is 0 Å². The first-order valence-electron chi connectivity index (χ1n) is 10.9. The molecule has 4 amide bonds. The Kier molecular flexibility index (Phi) is 5.01. The lowest BCUT2D eigenvalue weighted by Gasteiger charge is -2.29. The minimum absolute atomic E-state index is 0.0138. The van der Waals surface area contributed by atoms with E-state index in [0.29, 0.717) is 17.7 Å². The number of primary amides is 1. The molecule has 5 rings (SSSR count). The summed E-state index contributed by atoms with van der Waals surface area (Å²) in [5.74, 6) is -4.37. The molecule has 0 saturated carbocycles. The van der Waals surface area contributed by atoms with Gasteiger partial charge in [-0.05, 0) is 36.6 Å². The van der Waals surface area contributed by atoms with Crippen molar-refractivity contribution in [3.05, 3.63) is 65.5 Å². The van der Waals surface area contributed by atoms with E-state index in [0.717, 1.165) is 5.56 Å². The van der Waals surface area contributed by atoms with Gasteiger partial charge >= 0.3 is 0 Å². The lowest BCUT2D eigenvalue weighted by Crippen LogP contribution is -2.53. The summed E-state index contributed by atoms with van der Waals surface area (Å²) >= 11 is 0. The number of rotatable bonds is 6. The van der Waals surface area contributed by atoms with Gasteiger partial charge < -0.3 is 11.1 Å². The van der Waals surface area contributed by atoms with Crippen molar-refractivity contribution in [2.45, 2.75) is 30.8 Å². The number of nitrogens with zero attached hydrogens (tertiary/aromatic N) is 1. The molecule has 2 aromatic rings. The van der Waals surface area contributed by atoms with Gasteiger partial charge in [-0.1, -0.05) is 30.3 Å². The summed E-state index contributed by atoms with van der Waals surface area (Å²) in [4.78, 5) is 52.9. The molecule has 3 heterocycles. The van der Waals surface area contributed by atoms with Crippen LogP contribution in [-0.4, -0.2) is 41.1 Å². The Bertz CT molecular complexity index is 1170. The summed E-state index contributed by atoms with van der Waals surface area (Å²) in [6, 6.07) is 12.7. The van der Waals surface area contributed by atoms with Gasteiger partial charge in [-0.25, -0.2) is 4.39 Å². The number of likely N-dealkylation sites (tertiary alicyclic amines) is 1. The van der Waals surface area contributed by atoms with Crippen LogP contribution in [-0.2, 0) is 31.1 Å². The van der Waals surface area contributed by atoms with Crippen LogP contribution in [0, 0.1) is 17.7 Å². The number of carbonyl (C=O) groups is 4. The van der Waals surface area contributed by atoms with Gasteiger partial charge in [-0.2, -0.15) is 0 Å². The van der Waals surface area contributed by atoms with Crippen LogP contribution in [0.3, 0.4) is 0 Å². The molecule has 2 fully saturated rings. The lowest BCUT2D eigenvalue weighted by molar-refractivity contribution is -0.142. The summed E-state index contributed by atoms with van der Waals surface area (Å²) in [6.45, 7) is 0.172. The highest BCUT2D eigenvalue weighted by Crippen LogP contribution is 2.53. The minimum Gasteiger partial charge on any atom is -0.370 e. The first kappa shape index (κ1) is 21.3. The number of carbonyl (C=O) groups excluding carboxylic acids is 4. The second kappa shape index (κ2) is 7.77. The maximum Gasteiger partial charge on any atom is 0.250 e. The molecule has 3 aliphatic rings. The van der Waals surface area contributed by atoms with Crippen molar-refractivity contribution in [1.82, 2.24) is 10.2 Å². The van der Waals surface area contributed by atoms with Gasteiger partial charge in [0.15, 0.2) is 0 Å². The summed E-state index contributed by atoms with van der Waals surface area (Å²) < 4.78 is 14.2. The summed E-state index contributed by atoms with van der Waals surface area (Å²) in [6.07, 6.45) is 0.642. The minimum atomic E-state index is -1.58. The van der Waals surface area contributed by atoms with E-state index in [1.165, 1.54) is 23.1 Å². The first-order valence-corrected chi connectivity index (χ1v) is 10.9. The standard InChI is InChI=1S/C24H23FN4O4/c25-14-6-7-16-15(12-14)24(23(33)27-16)20-19(17(28-24)8-9-18(26)30)21(31)29(22(20)32)11-10-13-4-2-1-3-5-13/h1-7,12,17,19-20,28H,8-11H2,(H2,26,30)(H,27,33)/t17-,19-,20+,24+/m1/s1. The van der Waals surface area contributed by atoms with Crippen LogP contribution in [0.25, 0.3) is 0 Å². The first-order chi connectivity index (χ1) is 15.8. The normalized spacial score (nSPS) is 27.7. The van der Waals surface area contributed by atoms with Gasteiger partial charge in [0.1, 0.15) is 11.4 Å². The van der Waals surface area contributed by atoms with Crippen LogP contribution in [0.1, 0.15) is 24.0 Å². The molecular formula is C24H23FN4O4. The summed E-state index contributed by atoms with van der Waals surface area (Å²) in [7, 11) is 0. The fraction of sp³-hybridized carbons (Fsp3) is 0.333. The highest BCUT2D eigenvalue weighted by Gasteiger charge is 2.70. The molecule has 0 radical (unpaired) electrons. The second-order valence-corrected chi connectivity index (χ2v) is 8.78. The van der Waals surface area contributed by atoms with Crippen molar-refractivity contribution in [3.8, 4) is 0 Å². The van der Waals surface area contributed by atoms with E-state index in [2.05, 4.69) is 10.6 Å².